The Morgan fingerprint density at radius 1 is 1.16 bits per heavy atom. The van der Waals surface area contributed by atoms with E-state index in [4.69, 9.17) is 9.47 Å². The topological polar surface area (TPSA) is 76.0 Å². The average molecular weight is 350 g/mol. The zero-order valence-electron chi connectivity index (χ0n) is 15.7. The van der Waals surface area contributed by atoms with Gasteiger partial charge in [0.2, 0.25) is 0 Å². The molecule has 1 fully saturated rings. The minimum atomic E-state index is -1.01. The molecule has 25 heavy (non-hydrogen) atoms. The van der Waals surface area contributed by atoms with Crippen molar-refractivity contribution in [3.63, 3.8) is 0 Å². The summed E-state index contributed by atoms with van der Waals surface area (Å²) in [5, 5.41) is 21.6. The van der Waals surface area contributed by atoms with Crippen LogP contribution in [0.2, 0.25) is 0 Å². The van der Waals surface area contributed by atoms with E-state index in [2.05, 4.69) is 0 Å². The SMILES string of the molecule is CC1=CC2OC(=O)C(C)=C2CCC(C)(O)C2CCC(C)(O2)C(O)CC1. The first-order valence-electron chi connectivity index (χ1n) is 9.28. The van der Waals surface area contributed by atoms with Crippen LogP contribution >= 0.6 is 0 Å². The third-order valence-corrected chi connectivity index (χ3v) is 6.23. The van der Waals surface area contributed by atoms with Gasteiger partial charge in [-0.2, -0.15) is 0 Å². The van der Waals surface area contributed by atoms with Crippen LogP contribution in [0.3, 0.4) is 0 Å². The van der Waals surface area contributed by atoms with Crippen LogP contribution in [0.5, 0.6) is 0 Å². The van der Waals surface area contributed by atoms with Gasteiger partial charge >= 0.3 is 5.97 Å². The maximum atomic E-state index is 12.0. The summed E-state index contributed by atoms with van der Waals surface area (Å²) in [6.07, 6.45) is 4.61. The van der Waals surface area contributed by atoms with Gasteiger partial charge in [-0.3, -0.25) is 0 Å². The summed E-state index contributed by atoms with van der Waals surface area (Å²) >= 11 is 0. The van der Waals surface area contributed by atoms with Crippen LogP contribution in [0, 0.1) is 0 Å². The lowest BCUT2D eigenvalue weighted by atomic mass is 9.86. The summed E-state index contributed by atoms with van der Waals surface area (Å²) < 4.78 is 11.6. The molecule has 0 spiro atoms. The normalized spacial score (nSPS) is 42.9. The summed E-state index contributed by atoms with van der Waals surface area (Å²) in [6, 6.07) is 0. The fourth-order valence-corrected chi connectivity index (χ4v) is 4.19. The van der Waals surface area contributed by atoms with Gasteiger partial charge < -0.3 is 19.7 Å². The fraction of sp³-hybridized carbons (Fsp3) is 0.750. The quantitative estimate of drug-likeness (QED) is 0.519. The first-order chi connectivity index (χ1) is 11.6. The lowest BCUT2D eigenvalue weighted by Gasteiger charge is -2.35. The molecule has 2 N–H and O–H groups in total. The van der Waals surface area contributed by atoms with Gasteiger partial charge in [0.15, 0.2) is 0 Å². The molecule has 2 bridgehead atoms. The minimum absolute atomic E-state index is 0.277. The average Bonchev–Trinajstić information content (AvgIpc) is 3.06. The zero-order chi connectivity index (χ0) is 18.4. The van der Waals surface area contributed by atoms with Crippen molar-refractivity contribution in [2.75, 3.05) is 0 Å². The Balaban J connectivity index is 1.92. The monoisotopic (exact) mass is 350 g/mol. The Morgan fingerprint density at radius 3 is 2.60 bits per heavy atom. The van der Waals surface area contributed by atoms with E-state index in [1.165, 1.54) is 0 Å². The van der Waals surface area contributed by atoms with Crippen LogP contribution in [0.25, 0.3) is 0 Å². The first-order valence-corrected chi connectivity index (χ1v) is 9.28. The van der Waals surface area contributed by atoms with Crippen molar-refractivity contribution in [1.29, 1.82) is 0 Å². The van der Waals surface area contributed by atoms with E-state index in [-0.39, 0.29) is 18.2 Å². The molecule has 5 unspecified atom stereocenters. The van der Waals surface area contributed by atoms with Crippen LogP contribution in [-0.2, 0) is 14.3 Å². The van der Waals surface area contributed by atoms with Crippen LogP contribution in [0.4, 0.5) is 0 Å². The Bertz CT molecular complexity index is 618. The summed E-state index contributed by atoms with van der Waals surface area (Å²) in [7, 11) is 0. The lowest BCUT2D eigenvalue weighted by Crippen LogP contribution is -2.45. The number of hydrogen-bond donors (Lipinski definition) is 2. The van der Waals surface area contributed by atoms with Crippen LogP contribution in [-0.4, -0.2) is 45.7 Å². The first kappa shape index (κ1) is 18.6. The Morgan fingerprint density at radius 2 is 1.88 bits per heavy atom. The largest absolute Gasteiger partial charge is 0.450 e. The summed E-state index contributed by atoms with van der Waals surface area (Å²) in [4.78, 5) is 12.0. The van der Waals surface area contributed by atoms with Gasteiger partial charge in [0, 0.05) is 5.57 Å². The molecule has 3 rings (SSSR count). The highest BCUT2D eigenvalue weighted by Gasteiger charge is 2.48. The maximum Gasteiger partial charge on any atom is 0.334 e. The van der Waals surface area contributed by atoms with Crippen molar-refractivity contribution in [1.82, 2.24) is 0 Å². The highest BCUT2D eigenvalue weighted by atomic mass is 16.6. The molecule has 0 saturated carbocycles. The predicted molar refractivity (Wildman–Crippen MR) is 93.9 cm³/mol. The summed E-state index contributed by atoms with van der Waals surface area (Å²) in [6.45, 7) is 7.53. The molecule has 0 radical (unpaired) electrons. The van der Waals surface area contributed by atoms with Crippen LogP contribution in [0.15, 0.2) is 22.8 Å². The van der Waals surface area contributed by atoms with E-state index in [0.29, 0.717) is 24.8 Å². The van der Waals surface area contributed by atoms with Crippen LogP contribution in [0.1, 0.15) is 66.2 Å². The Hall–Kier alpha value is -1.17. The second kappa shape index (κ2) is 6.53. The smallest absolute Gasteiger partial charge is 0.334 e. The van der Waals surface area contributed by atoms with Crippen LogP contribution < -0.4 is 0 Å². The number of esters is 1. The van der Waals surface area contributed by atoms with Gasteiger partial charge in [-0.25, -0.2) is 4.79 Å². The zero-order valence-corrected chi connectivity index (χ0v) is 15.7. The molecule has 3 aliphatic heterocycles. The number of fused-ring (bicyclic) bond motifs is 3. The maximum absolute atomic E-state index is 12.0. The van der Waals surface area contributed by atoms with Crippen molar-refractivity contribution in [2.24, 2.45) is 0 Å². The van der Waals surface area contributed by atoms with Gasteiger partial charge in [-0.15, -0.1) is 0 Å². The molecular weight excluding hydrogens is 320 g/mol. The molecule has 140 valence electrons. The minimum Gasteiger partial charge on any atom is -0.450 e. The molecule has 5 nitrogen and oxygen atoms in total. The van der Waals surface area contributed by atoms with Crippen molar-refractivity contribution in [3.8, 4) is 0 Å². The van der Waals surface area contributed by atoms with E-state index in [1.807, 2.05) is 19.9 Å². The molecule has 5 atom stereocenters. The van der Waals surface area contributed by atoms with E-state index >= 15 is 0 Å². The van der Waals surface area contributed by atoms with E-state index in [9.17, 15) is 15.0 Å². The number of hydrogen-bond acceptors (Lipinski definition) is 5. The lowest BCUT2D eigenvalue weighted by molar-refractivity contribution is -0.160. The number of aliphatic hydroxyl groups excluding tert-OH is 1. The second-order valence-corrected chi connectivity index (χ2v) is 8.36. The number of ether oxygens (including phenoxy) is 2. The summed E-state index contributed by atoms with van der Waals surface area (Å²) in [5.41, 5.74) is 1.07. The molecule has 0 aromatic carbocycles. The number of carbonyl (C=O) groups excluding carboxylic acids is 1. The molecule has 0 aliphatic carbocycles. The number of carbonyl (C=O) groups is 1. The molecule has 5 heteroatoms. The number of allylic oxidation sites excluding steroid dienone is 1. The Labute approximate surface area is 149 Å². The van der Waals surface area contributed by atoms with Gasteiger partial charge in [0.05, 0.1) is 23.4 Å². The van der Waals surface area contributed by atoms with Gasteiger partial charge in [-0.1, -0.05) is 5.57 Å². The molecule has 3 heterocycles. The van der Waals surface area contributed by atoms with Crippen molar-refractivity contribution in [3.05, 3.63) is 22.8 Å². The number of rotatable bonds is 0. The second-order valence-electron chi connectivity index (χ2n) is 8.36. The predicted octanol–water partition coefficient (Wildman–Crippen LogP) is 2.80. The van der Waals surface area contributed by atoms with Gasteiger partial charge in [0.1, 0.15) is 6.10 Å². The third kappa shape index (κ3) is 3.55. The number of aliphatic hydroxyl groups is 2. The van der Waals surface area contributed by atoms with Gasteiger partial charge in [-0.05, 0) is 77.9 Å². The van der Waals surface area contributed by atoms with E-state index in [0.717, 1.165) is 30.4 Å². The standard InChI is InChI=1S/C20H30O5/c1-12-5-6-16(21)20(4)10-8-17(25-20)19(3,23)9-7-14-13(2)18(22)24-15(14)11-12/h11,15-17,21,23H,5-10H2,1-4H3. The van der Waals surface area contributed by atoms with E-state index in [1.54, 1.807) is 13.8 Å². The highest BCUT2D eigenvalue weighted by molar-refractivity contribution is 5.92. The molecule has 1 saturated heterocycles. The van der Waals surface area contributed by atoms with Crippen molar-refractivity contribution >= 4 is 5.97 Å². The highest BCUT2D eigenvalue weighted by Crippen LogP contribution is 2.41. The molecule has 0 aromatic rings. The van der Waals surface area contributed by atoms with Crippen molar-refractivity contribution < 1.29 is 24.5 Å². The molecule has 0 aromatic heterocycles. The molecular formula is C20H30O5. The van der Waals surface area contributed by atoms with E-state index < -0.39 is 17.3 Å². The third-order valence-electron chi connectivity index (χ3n) is 6.23. The fourth-order valence-electron chi connectivity index (χ4n) is 4.19. The van der Waals surface area contributed by atoms with Crippen molar-refractivity contribution in [2.45, 2.75) is 95.7 Å². The molecule has 0 amide bonds. The Kier molecular flexibility index (Phi) is 4.86. The van der Waals surface area contributed by atoms with Gasteiger partial charge in [0.25, 0.3) is 0 Å². The summed E-state index contributed by atoms with van der Waals surface area (Å²) in [5.74, 6) is -0.277. The molecule has 3 aliphatic rings.